The van der Waals surface area contributed by atoms with E-state index in [1.165, 1.54) is 0 Å². The summed E-state index contributed by atoms with van der Waals surface area (Å²) in [6, 6.07) is 3.89. The molecule has 2 aliphatic rings. The molecule has 2 aromatic rings. The summed E-state index contributed by atoms with van der Waals surface area (Å²) in [7, 11) is 0. The Labute approximate surface area is 150 Å². The third-order valence-corrected chi connectivity index (χ3v) is 5.68. The van der Waals surface area contributed by atoms with E-state index in [1.807, 2.05) is 22.4 Å². The third kappa shape index (κ3) is 3.73. The van der Waals surface area contributed by atoms with Gasteiger partial charge in [-0.1, -0.05) is 0 Å². The lowest BCUT2D eigenvalue weighted by atomic mass is 10.0. The molecule has 1 amide bonds. The van der Waals surface area contributed by atoms with Crippen molar-refractivity contribution in [2.45, 2.75) is 31.5 Å². The van der Waals surface area contributed by atoms with Crippen LogP contribution in [0.25, 0.3) is 11.3 Å². The summed E-state index contributed by atoms with van der Waals surface area (Å²) in [6.07, 6.45) is 6.24. The zero-order valence-corrected chi connectivity index (χ0v) is 14.8. The van der Waals surface area contributed by atoms with Crippen LogP contribution in [0.1, 0.15) is 24.3 Å². The molecule has 7 heteroatoms. The molecule has 0 bridgehead atoms. The number of thiazole rings is 1. The van der Waals surface area contributed by atoms with Gasteiger partial charge in [0.2, 0.25) is 5.91 Å². The largest absolute Gasteiger partial charge is 0.347 e. The Hall–Kier alpha value is -1.83. The summed E-state index contributed by atoms with van der Waals surface area (Å²) in [5, 5.41) is 3.03. The van der Waals surface area contributed by atoms with E-state index in [0.717, 1.165) is 29.1 Å². The van der Waals surface area contributed by atoms with Crippen molar-refractivity contribution in [2.75, 3.05) is 26.3 Å². The average molecular weight is 359 g/mol. The fourth-order valence-electron chi connectivity index (χ4n) is 3.34. The molecule has 0 radical (unpaired) electrons. The average Bonchev–Trinajstić information content (AvgIpc) is 3.31. The molecular weight excluding hydrogens is 338 g/mol. The molecule has 2 fully saturated rings. The van der Waals surface area contributed by atoms with E-state index in [2.05, 4.69) is 9.97 Å². The van der Waals surface area contributed by atoms with Gasteiger partial charge in [0.15, 0.2) is 5.79 Å². The van der Waals surface area contributed by atoms with Crippen molar-refractivity contribution in [1.29, 1.82) is 0 Å². The molecule has 4 heterocycles. The van der Waals surface area contributed by atoms with Crippen molar-refractivity contribution < 1.29 is 14.3 Å². The van der Waals surface area contributed by atoms with Crippen LogP contribution in [0.5, 0.6) is 0 Å². The van der Waals surface area contributed by atoms with Crippen molar-refractivity contribution in [3.8, 4) is 11.3 Å². The highest BCUT2D eigenvalue weighted by Crippen LogP contribution is 2.31. The summed E-state index contributed by atoms with van der Waals surface area (Å²) in [6.45, 7) is 2.74. The molecule has 0 aromatic carbocycles. The fourth-order valence-corrected chi connectivity index (χ4v) is 4.14. The maximum absolute atomic E-state index is 12.5. The van der Waals surface area contributed by atoms with Gasteiger partial charge in [-0.05, 0) is 12.1 Å². The number of aromatic nitrogens is 2. The highest BCUT2D eigenvalue weighted by molar-refractivity contribution is 7.09. The van der Waals surface area contributed by atoms with Crippen LogP contribution in [-0.4, -0.2) is 52.9 Å². The Morgan fingerprint density at radius 2 is 1.92 bits per heavy atom. The Morgan fingerprint density at radius 1 is 1.20 bits per heavy atom. The zero-order chi connectivity index (χ0) is 17.1. The fraction of sp³-hybridized carbons (Fsp3) is 0.500. The number of ether oxygens (including phenoxy) is 2. The lowest BCUT2D eigenvalue weighted by molar-refractivity contribution is -0.187. The van der Waals surface area contributed by atoms with Crippen LogP contribution in [0.15, 0.2) is 29.9 Å². The van der Waals surface area contributed by atoms with Crippen LogP contribution in [0.4, 0.5) is 0 Å². The first-order chi connectivity index (χ1) is 12.2. The van der Waals surface area contributed by atoms with Crippen LogP contribution in [0.3, 0.4) is 0 Å². The summed E-state index contributed by atoms with van der Waals surface area (Å²) >= 11 is 1.61. The van der Waals surface area contributed by atoms with Crippen molar-refractivity contribution in [3.63, 3.8) is 0 Å². The van der Waals surface area contributed by atoms with Crippen LogP contribution in [0.2, 0.25) is 0 Å². The van der Waals surface area contributed by atoms with E-state index >= 15 is 0 Å². The molecule has 0 aliphatic carbocycles. The highest BCUT2D eigenvalue weighted by Gasteiger charge is 2.40. The Bertz CT molecular complexity index is 718. The quantitative estimate of drug-likeness (QED) is 0.839. The van der Waals surface area contributed by atoms with Crippen molar-refractivity contribution in [1.82, 2.24) is 14.9 Å². The molecule has 132 valence electrons. The normalized spacial score (nSPS) is 19.4. The van der Waals surface area contributed by atoms with Gasteiger partial charge in [-0.15, -0.1) is 11.3 Å². The van der Waals surface area contributed by atoms with Gasteiger partial charge in [0, 0.05) is 62.1 Å². The molecule has 2 aromatic heterocycles. The predicted molar refractivity (Wildman–Crippen MR) is 94.1 cm³/mol. The van der Waals surface area contributed by atoms with E-state index in [1.54, 1.807) is 23.7 Å². The first-order valence-electron chi connectivity index (χ1n) is 8.65. The van der Waals surface area contributed by atoms with Gasteiger partial charge in [-0.2, -0.15) is 0 Å². The van der Waals surface area contributed by atoms with Crippen LogP contribution in [0, 0.1) is 0 Å². The number of rotatable bonds is 4. The molecule has 0 saturated carbocycles. The highest BCUT2D eigenvalue weighted by atomic mass is 32.1. The molecule has 0 N–H and O–H groups in total. The number of nitrogens with zero attached hydrogens (tertiary/aromatic N) is 3. The van der Waals surface area contributed by atoms with Crippen LogP contribution >= 0.6 is 11.3 Å². The minimum atomic E-state index is -0.425. The maximum Gasteiger partial charge on any atom is 0.222 e. The second-order valence-corrected chi connectivity index (χ2v) is 7.29. The Kier molecular flexibility index (Phi) is 4.78. The van der Waals surface area contributed by atoms with E-state index in [-0.39, 0.29) is 5.91 Å². The van der Waals surface area contributed by atoms with Crippen LogP contribution < -0.4 is 0 Å². The molecule has 25 heavy (non-hydrogen) atoms. The standard InChI is InChI=1S/C18H21N3O3S/c22-17(21-9-5-18(6-10-21)23-11-12-24-18)2-1-16-20-15(13-25-16)14-3-7-19-8-4-14/h3-4,7-8,13H,1-2,5-6,9-12H2. The lowest BCUT2D eigenvalue weighted by Crippen LogP contribution is -2.47. The summed E-state index contributed by atoms with van der Waals surface area (Å²) in [5.74, 6) is -0.237. The minimum Gasteiger partial charge on any atom is -0.347 e. The summed E-state index contributed by atoms with van der Waals surface area (Å²) < 4.78 is 11.4. The monoisotopic (exact) mass is 359 g/mol. The van der Waals surface area contributed by atoms with Gasteiger partial charge in [0.05, 0.1) is 23.9 Å². The number of hydrogen-bond acceptors (Lipinski definition) is 6. The number of carbonyl (C=O) groups excluding carboxylic acids is 1. The summed E-state index contributed by atoms with van der Waals surface area (Å²) in [5.41, 5.74) is 2.01. The summed E-state index contributed by atoms with van der Waals surface area (Å²) in [4.78, 5) is 23.0. The van der Waals surface area contributed by atoms with Gasteiger partial charge in [-0.25, -0.2) is 4.98 Å². The maximum atomic E-state index is 12.5. The second-order valence-electron chi connectivity index (χ2n) is 6.35. The van der Waals surface area contributed by atoms with E-state index < -0.39 is 5.79 Å². The van der Waals surface area contributed by atoms with Gasteiger partial charge in [-0.3, -0.25) is 9.78 Å². The first kappa shape index (κ1) is 16.6. The molecule has 1 spiro atoms. The van der Waals surface area contributed by atoms with Crippen molar-refractivity contribution in [3.05, 3.63) is 34.9 Å². The van der Waals surface area contributed by atoms with Gasteiger partial charge in [0.25, 0.3) is 0 Å². The minimum absolute atomic E-state index is 0.188. The number of amides is 1. The third-order valence-electron chi connectivity index (χ3n) is 4.77. The molecule has 6 nitrogen and oxygen atoms in total. The van der Waals surface area contributed by atoms with E-state index in [4.69, 9.17) is 9.47 Å². The lowest BCUT2D eigenvalue weighted by Gasteiger charge is -2.37. The van der Waals surface area contributed by atoms with Gasteiger partial charge >= 0.3 is 0 Å². The first-order valence-corrected chi connectivity index (χ1v) is 9.53. The van der Waals surface area contributed by atoms with E-state index in [0.29, 0.717) is 39.1 Å². The van der Waals surface area contributed by atoms with Crippen molar-refractivity contribution >= 4 is 17.2 Å². The van der Waals surface area contributed by atoms with Gasteiger partial charge in [0.1, 0.15) is 0 Å². The smallest absolute Gasteiger partial charge is 0.222 e. The van der Waals surface area contributed by atoms with E-state index in [9.17, 15) is 4.79 Å². The number of likely N-dealkylation sites (tertiary alicyclic amines) is 1. The number of pyridine rings is 1. The number of piperidine rings is 1. The Balaban J connectivity index is 1.29. The number of carbonyl (C=O) groups is 1. The zero-order valence-electron chi connectivity index (χ0n) is 14.0. The SMILES string of the molecule is O=C(CCc1nc(-c2ccncc2)cs1)N1CCC2(CC1)OCCO2. The predicted octanol–water partition coefficient (Wildman–Crippen LogP) is 2.50. The Morgan fingerprint density at radius 3 is 2.64 bits per heavy atom. The van der Waals surface area contributed by atoms with Crippen LogP contribution in [-0.2, 0) is 20.7 Å². The molecular formula is C18H21N3O3S. The molecule has 0 unspecified atom stereocenters. The number of aryl methyl sites for hydroxylation is 1. The second kappa shape index (κ2) is 7.19. The topological polar surface area (TPSA) is 64.6 Å². The van der Waals surface area contributed by atoms with Gasteiger partial charge < -0.3 is 14.4 Å². The molecule has 0 atom stereocenters. The number of hydrogen-bond donors (Lipinski definition) is 0. The molecule has 4 rings (SSSR count). The molecule has 2 aliphatic heterocycles. The molecule has 2 saturated heterocycles. The van der Waals surface area contributed by atoms with Crippen molar-refractivity contribution in [2.24, 2.45) is 0 Å².